The maximum atomic E-state index is 13.1. The van der Waals surface area contributed by atoms with Crippen LogP contribution in [0.2, 0.25) is 10.0 Å². The van der Waals surface area contributed by atoms with E-state index >= 15 is 0 Å². The second-order valence-electron chi connectivity index (χ2n) is 3.53. The Kier molecular flexibility index (Phi) is 3.84. The molecule has 0 aromatic heterocycles. The Morgan fingerprint density at radius 1 is 1.11 bits per heavy atom. The molecule has 5 heteroatoms. The van der Waals surface area contributed by atoms with Crippen LogP contribution in [-0.4, -0.2) is 11.3 Å². The van der Waals surface area contributed by atoms with E-state index in [0.717, 1.165) is 0 Å². The van der Waals surface area contributed by atoms with E-state index in [-0.39, 0.29) is 0 Å². The van der Waals surface area contributed by atoms with Gasteiger partial charge in [0.05, 0.1) is 15.7 Å². The summed E-state index contributed by atoms with van der Waals surface area (Å²) < 4.78 is 13.1. The van der Waals surface area contributed by atoms with E-state index in [1.807, 2.05) is 0 Å². The van der Waals surface area contributed by atoms with Gasteiger partial charge < -0.3 is 5.11 Å². The summed E-state index contributed by atoms with van der Waals surface area (Å²) in [4.78, 5) is 4.09. The molecule has 18 heavy (non-hydrogen) atoms. The molecule has 2 aromatic carbocycles. The normalized spacial score (nSPS) is 11.1. The predicted octanol–water partition coefficient (Wildman–Crippen LogP) is 4.59. The quantitative estimate of drug-likeness (QED) is 0.804. The molecule has 0 aliphatic carbocycles. The minimum atomic E-state index is -0.687. The lowest BCUT2D eigenvalue weighted by molar-refractivity contribution is 0.431. The summed E-state index contributed by atoms with van der Waals surface area (Å²) in [5.41, 5.74) is 0.856. The van der Waals surface area contributed by atoms with Crippen molar-refractivity contribution in [3.8, 4) is 5.75 Å². The van der Waals surface area contributed by atoms with Gasteiger partial charge in [0.2, 0.25) is 0 Å². The first-order chi connectivity index (χ1) is 8.58. The van der Waals surface area contributed by atoms with E-state index in [4.69, 9.17) is 23.2 Å². The van der Waals surface area contributed by atoms with Crippen molar-refractivity contribution in [2.45, 2.75) is 0 Å². The number of phenols is 1. The first kappa shape index (κ1) is 12.9. The number of halogens is 3. The maximum absolute atomic E-state index is 13.1. The van der Waals surface area contributed by atoms with Gasteiger partial charge in [-0.1, -0.05) is 29.3 Å². The van der Waals surface area contributed by atoms with Gasteiger partial charge >= 0.3 is 0 Å². The molecule has 2 aromatic rings. The second kappa shape index (κ2) is 5.38. The Hall–Kier alpha value is -1.58. The summed E-state index contributed by atoms with van der Waals surface area (Å²) in [5, 5.41) is 10.3. The van der Waals surface area contributed by atoms with Crippen molar-refractivity contribution in [3.05, 3.63) is 57.8 Å². The molecule has 0 atom stereocenters. The Bertz CT molecular complexity index is 614. The fourth-order valence-corrected chi connectivity index (χ4v) is 1.64. The molecular formula is C13H8Cl2FNO. The largest absolute Gasteiger partial charge is 0.504 e. The Morgan fingerprint density at radius 3 is 2.61 bits per heavy atom. The maximum Gasteiger partial charge on any atom is 0.165 e. The zero-order valence-electron chi connectivity index (χ0n) is 9.07. The van der Waals surface area contributed by atoms with Crippen LogP contribution < -0.4 is 0 Å². The fraction of sp³-hybridized carbons (Fsp3) is 0. The molecule has 0 aliphatic rings. The van der Waals surface area contributed by atoms with E-state index in [1.165, 1.54) is 18.3 Å². The van der Waals surface area contributed by atoms with Crippen molar-refractivity contribution in [3.63, 3.8) is 0 Å². The van der Waals surface area contributed by atoms with E-state index < -0.39 is 11.6 Å². The minimum absolute atomic E-state index is 0.293. The number of phenolic OH excluding ortho intramolecular Hbond substituents is 1. The van der Waals surface area contributed by atoms with Gasteiger partial charge in [0.25, 0.3) is 0 Å². The SMILES string of the molecule is Oc1c(F)cccc1C=Nc1ccc(Cl)c(Cl)c1. The zero-order chi connectivity index (χ0) is 13.1. The van der Waals surface area contributed by atoms with Crippen molar-refractivity contribution in [1.82, 2.24) is 0 Å². The van der Waals surface area contributed by atoms with Crippen molar-refractivity contribution in [2.24, 2.45) is 4.99 Å². The van der Waals surface area contributed by atoms with Crippen LogP contribution in [0.1, 0.15) is 5.56 Å². The molecule has 0 saturated carbocycles. The fourth-order valence-electron chi connectivity index (χ4n) is 1.35. The Balaban J connectivity index is 2.30. The topological polar surface area (TPSA) is 32.6 Å². The first-order valence-corrected chi connectivity index (χ1v) is 5.80. The van der Waals surface area contributed by atoms with Crippen LogP contribution in [0.25, 0.3) is 0 Å². The highest BCUT2D eigenvalue weighted by atomic mass is 35.5. The molecule has 92 valence electrons. The summed E-state index contributed by atoms with van der Waals surface area (Å²) in [6, 6.07) is 9.08. The summed E-state index contributed by atoms with van der Waals surface area (Å²) in [6.07, 6.45) is 1.36. The summed E-state index contributed by atoms with van der Waals surface area (Å²) in [6.45, 7) is 0. The van der Waals surface area contributed by atoms with E-state index in [0.29, 0.717) is 21.3 Å². The van der Waals surface area contributed by atoms with Crippen LogP contribution in [0.4, 0.5) is 10.1 Å². The van der Waals surface area contributed by atoms with Gasteiger partial charge in [-0.2, -0.15) is 0 Å². The van der Waals surface area contributed by atoms with Crippen molar-refractivity contribution < 1.29 is 9.50 Å². The van der Waals surface area contributed by atoms with Crippen LogP contribution >= 0.6 is 23.2 Å². The first-order valence-electron chi connectivity index (χ1n) is 5.04. The molecule has 2 nitrogen and oxygen atoms in total. The van der Waals surface area contributed by atoms with Crippen LogP contribution in [0.5, 0.6) is 5.75 Å². The highest BCUT2D eigenvalue weighted by Crippen LogP contribution is 2.27. The Labute approximate surface area is 113 Å². The van der Waals surface area contributed by atoms with Crippen molar-refractivity contribution >= 4 is 35.1 Å². The average molecular weight is 284 g/mol. The van der Waals surface area contributed by atoms with Crippen LogP contribution in [-0.2, 0) is 0 Å². The number of benzene rings is 2. The molecule has 0 saturated heterocycles. The lowest BCUT2D eigenvalue weighted by Crippen LogP contribution is -1.85. The number of rotatable bonds is 2. The smallest absolute Gasteiger partial charge is 0.165 e. The van der Waals surface area contributed by atoms with Crippen LogP contribution in [0.3, 0.4) is 0 Å². The van der Waals surface area contributed by atoms with E-state index in [9.17, 15) is 9.50 Å². The number of aliphatic imine (C=N–C) groups is 1. The van der Waals surface area contributed by atoms with Gasteiger partial charge in [-0.3, -0.25) is 4.99 Å². The monoisotopic (exact) mass is 283 g/mol. The molecule has 0 bridgehead atoms. The molecule has 0 fully saturated rings. The molecule has 0 radical (unpaired) electrons. The molecule has 0 heterocycles. The molecule has 0 unspecified atom stereocenters. The molecule has 1 N–H and O–H groups in total. The molecule has 0 amide bonds. The number of hydrogen-bond acceptors (Lipinski definition) is 2. The van der Waals surface area contributed by atoms with Gasteiger partial charge in [-0.05, 0) is 30.3 Å². The van der Waals surface area contributed by atoms with E-state index in [2.05, 4.69) is 4.99 Å². The minimum Gasteiger partial charge on any atom is -0.504 e. The molecule has 2 rings (SSSR count). The van der Waals surface area contributed by atoms with Crippen LogP contribution in [0, 0.1) is 5.82 Å². The van der Waals surface area contributed by atoms with Gasteiger partial charge in [0, 0.05) is 11.8 Å². The number of para-hydroxylation sites is 1. The van der Waals surface area contributed by atoms with Gasteiger partial charge in [0.15, 0.2) is 11.6 Å². The second-order valence-corrected chi connectivity index (χ2v) is 4.35. The lowest BCUT2D eigenvalue weighted by atomic mass is 10.2. The third kappa shape index (κ3) is 2.81. The molecule has 0 aliphatic heterocycles. The number of hydrogen-bond donors (Lipinski definition) is 1. The highest BCUT2D eigenvalue weighted by Gasteiger charge is 2.04. The highest BCUT2D eigenvalue weighted by molar-refractivity contribution is 6.42. The van der Waals surface area contributed by atoms with Gasteiger partial charge in [-0.25, -0.2) is 4.39 Å². The third-order valence-electron chi connectivity index (χ3n) is 2.27. The third-order valence-corrected chi connectivity index (χ3v) is 3.01. The van der Waals surface area contributed by atoms with E-state index in [1.54, 1.807) is 24.3 Å². The standard InChI is InChI=1S/C13H8Cl2FNO/c14-10-5-4-9(6-11(10)15)17-7-8-2-1-3-12(16)13(8)18/h1-7,18H. The molecule has 0 spiro atoms. The Morgan fingerprint density at radius 2 is 1.89 bits per heavy atom. The van der Waals surface area contributed by atoms with Crippen LogP contribution in [0.15, 0.2) is 41.4 Å². The predicted molar refractivity (Wildman–Crippen MR) is 71.8 cm³/mol. The lowest BCUT2D eigenvalue weighted by Gasteiger charge is -2.00. The van der Waals surface area contributed by atoms with Crippen molar-refractivity contribution in [2.75, 3.05) is 0 Å². The number of aromatic hydroxyl groups is 1. The summed E-state index contributed by atoms with van der Waals surface area (Å²) in [7, 11) is 0. The average Bonchev–Trinajstić information content (AvgIpc) is 2.35. The summed E-state index contributed by atoms with van der Waals surface area (Å²) in [5.74, 6) is -1.12. The number of nitrogens with zero attached hydrogens (tertiary/aromatic N) is 1. The molecular weight excluding hydrogens is 276 g/mol. The summed E-state index contributed by atoms with van der Waals surface area (Å²) >= 11 is 11.6. The van der Waals surface area contributed by atoms with Gasteiger partial charge in [0.1, 0.15) is 0 Å². The van der Waals surface area contributed by atoms with Gasteiger partial charge in [-0.15, -0.1) is 0 Å². The van der Waals surface area contributed by atoms with Crippen molar-refractivity contribution in [1.29, 1.82) is 0 Å². The zero-order valence-corrected chi connectivity index (χ0v) is 10.6.